The van der Waals surface area contributed by atoms with Gasteiger partial charge in [-0.3, -0.25) is 4.89 Å². The molecule has 0 bridgehead atoms. The summed E-state index contributed by atoms with van der Waals surface area (Å²) < 4.78 is 24.8. The summed E-state index contributed by atoms with van der Waals surface area (Å²) in [5, 5.41) is 0. The fraction of sp³-hybridized carbons (Fsp3) is 0.400. The molecule has 0 aromatic rings. The molecule has 7 heteroatoms. The Kier molecular flexibility index (Phi) is 7.43. The Morgan fingerprint density at radius 3 is 2.42 bits per heavy atom. The zero-order valence-corrected chi connectivity index (χ0v) is 6.76. The Morgan fingerprint density at radius 1 is 1.58 bits per heavy atom. The molecular weight excluding hydrogens is 179 g/mol. The number of hydrogen-bond acceptors (Lipinski definition) is 5. The molecule has 0 radical (unpaired) electrons. The van der Waals surface area contributed by atoms with Gasteiger partial charge < -0.3 is 0 Å². The van der Waals surface area contributed by atoms with E-state index in [4.69, 9.17) is 0 Å². The van der Waals surface area contributed by atoms with Crippen LogP contribution in [-0.4, -0.2) is 39.0 Å². The Hall–Kier alpha value is -0.283. The van der Waals surface area contributed by atoms with E-state index in [1.807, 2.05) is 0 Å². The van der Waals surface area contributed by atoms with E-state index in [0.717, 1.165) is 6.08 Å². The molecule has 66 valence electrons. The summed E-state index contributed by atoms with van der Waals surface area (Å²) in [6.45, 7) is 4.40. The van der Waals surface area contributed by atoms with E-state index in [2.05, 4.69) is 15.8 Å². The molecule has 0 saturated carbocycles. The van der Waals surface area contributed by atoms with Crippen LogP contribution in [0.2, 0.25) is 0 Å². The van der Waals surface area contributed by atoms with Gasteiger partial charge in [0.25, 0.3) is 0 Å². The van der Waals surface area contributed by atoms with Gasteiger partial charge >= 0.3 is 34.9 Å². The zero-order chi connectivity index (χ0) is 8.91. The molecule has 0 saturated heterocycles. The predicted octanol–water partition coefficient (Wildman–Crippen LogP) is -0.652. The Morgan fingerprint density at radius 2 is 2.08 bits per heavy atom. The summed E-state index contributed by atoms with van der Waals surface area (Å²) in [7, 11) is -3.72. The van der Waals surface area contributed by atoms with Crippen molar-refractivity contribution in [3.05, 3.63) is 12.7 Å². The maximum absolute atomic E-state index is 10.5. The Balaban J connectivity index is 0. The Bertz CT molecular complexity index is 245. The molecule has 0 unspecified atom stereocenters. The first-order valence-electron chi connectivity index (χ1n) is 2.77. The van der Waals surface area contributed by atoms with Gasteiger partial charge in [-0.05, 0) is 6.92 Å². The van der Waals surface area contributed by atoms with E-state index < -0.39 is 16.1 Å². The minimum absolute atomic E-state index is 0. The van der Waals surface area contributed by atoms with Gasteiger partial charge in [0, 0.05) is 6.08 Å². The molecule has 0 rings (SSSR count). The predicted molar refractivity (Wildman–Crippen MR) is 44.0 cm³/mol. The molecule has 0 aliphatic carbocycles. The second-order valence-corrected chi connectivity index (χ2v) is 3.35. The third-order valence-electron chi connectivity index (χ3n) is 0.740. The first-order chi connectivity index (χ1) is 5.02. The summed E-state index contributed by atoms with van der Waals surface area (Å²) >= 11 is 0. The summed E-state index contributed by atoms with van der Waals surface area (Å²) in [6.07, 6.45) is 0.797. The van der Waals surface area contributed by atoms with Crippen LogP contribution in [0.25, 0.3) is 0 Å². The molecule has 0 aliphatic rings. The first kappa shape index (κ1) is 14.3. The van der Waals surface area contributed by atoms with Gasteiger partial charge in [0.05, 0.1) is 5.75 Å². The van der Waals surface area contributed by atoms with Crippen LogP contribution in [0.3, 0.4) is 0 Å². The van der Waals surface area contributed by atoms with E-state index in [1.165, 1.54) is 6.92 Å². The van der Waals surface area contributed by atoms with E-state index in [1.54, 1.807) is 0 Å². The van der Waals surface area contributed by atoms with Gasteiger partial charge in [0.15, 0.2) is 0 Å². The number of hydrogen-bond donors (Lipinski definition) is 0. The number of carbonyl (C=O) groups is 1. The summed E-state index contributed by atoms with van der Waals surface area (Å²) in [6, 6.07) is 0. The van der Waals surface area contributed by atoms with Crippen molar-refractivity contribution in [3.63, 3.8) is 0 Å². The molecule has 5 nitrogen and oxygen atoms in total. The van der Waals surface area contributed by atoms with Crippen LogP contribution in [-0.2, 0) is 24.1 Å². The second-order valence-electron chi connectivity index (χ2n) is 1.52. The van der Waals surface area contributed by atoms with Crippen LogP contribution < -0.4 is 0 Å². The van der Waals surface area contributed by atoms with E-state index >= 15 is 0 Å². The molecule has 0 heterocycles. The average Bonchev–Trinajstić information content (AvgIpc) is 2.00. The first-order valence-corrected chi connectivity index (χ1v) is 4.34. The molecule has 0 fully saturated rings. The average molecular weight is 188 g/mol. The van der Waals surface area contributed by atoms with E-state index in [-0.39, 0.29) is 24.6 Å². The SMILES string of the molecule is C=CC(=O)OOS(=O)(=O)CC.[LiH]. The maximum atomic E-state index is 10.5. The van der Waals surface area contributed by atoms with Gasteiger partial charge in [-0.15, -0.1) is 0 Å². The normalized spacial score (nSPS) is 9.75. The number of rotatable bonds is 4. The van der Waals surface area contributed by atoms with Crippen LogP contribution in [0, 0.1) is 0 Å². The van der Waals surface area contributed by atoms with Crippen LogP contribution in [0.1, 0.15) is 6.92 Å². The topological polar surface area (TPSA) is 69.7 Å². The van der Waals surface area contributed by atoms with Gasteiger partial charge in [-0.25, -0.2) is 4.79 Å². The van der Waals surface area contributed by atoms with E-state index in [0.29, 0.717) is 0 Å². The molecule has 0 atom stereocenters. The van der Waals surface area contributed by atoms with E-state index in [9.17, 15) is 13.2 Å². The number of carbonyl (C=O) groups excluding carboxylic acids is 1. The monoisotopic (exact) mass is 188 g/mol. The standard InChI is InChI=1S/C5H8O5S.Li.H/c1-3-5(6)9-10-11(7,8)4-2;;/h3H,1,4H2,2H3;;. The van der Waals surface area contributed by atoms with Crippen molar-refractivity contribution >= 4 is 34.9 Å². The molecule has 0 spiro atoms. The molecule has 12 heavy (non-hydrogen) atoms. The van der Waals surface area contributed by atoms with Crippen LogP contribution in [0.4, 0.5) is 0 Å². The van der Waals surface area contributed by atoms with Crippen molar-refractivity contribution in [2.45, 2.75) is 6.92 Å². The van der Waals surface area contributed by atoms with Crippen molar-refractivity contribution in [2.24, 2.45) is 0 Å². The minimum atomic E-state index is -3.72. The molecule has 0 amide bonds. The second kappa shape index (κ2) is 6.26. The van der Waals surface area contributed by atoms with Crippen LogP contribution in [0.5, 0.6) is 0 Å². The van der Waals surface area contributed by atoms with Gasteiger partial charge in [0.2, 0.25) is 0 Å². The zero-order valence-electron chi connectivity index (χ0n) is 5.94. The fourth-order valence-corrected chi connectivity index (χ4v) is 0.434. The van der Waals surface area contributed by atoms with Crippen molar-refractivity contribution in [2.75, 3.05) is 5.75 Å². The molecule has 0 aromatic heterocycles. The quantitative estimate of drug-likeness (QED) is 0.254. The molecular formula is C5H9LiO5S. The van der Waals surface area contributed by atoms with Crippen molar-refractivity contribution in [3.8, 4) is 0 Å². The molecule has 0 aromatic carbocycles. The third kappa shape index (κ3) is 6.43. The molecule has 0 N–H and O–H groups in total. The summed E-state index contributed by atoms with van der Waals surface area (Å²) in [4.78, 5) is 14.0. The molecule has 0 aliphatic heterocycles. The van der Waals surface area contributed by atoms with Crippen molar-refractivity contribution < 1.29 is 22.4 Å². The summed E-state index contributed by atoms with van der Waals surface area (Å²) in [5.74, 6) is -1.20. The van der Waals surface area contributed by atoms with Gasteiger partial charge in [-0.2, -0.15) is 8.42 Å². The van der Waals surface area contributed by atoms with Crippen molar-refractivity contribution in [1.82, 2.24) is 0 Å². The third-order valence-corrected chi connectivity index (χ3v) is 1.72. The van der Waals surface area contributed by atoms with Crippen LogP contribution >= 0.6 is 0 Å². The van der Waals surface area contributed by atoms with Gasteiger partial charge in [-0.1, -0.05) is 10.9 Å². The van der Waals surface area contributed by atoms with Crippen molar-refractivity contribution in [1.29, 1.82) is 0 Å². The van der Waals surface area contributed by atoms with Gasteiger partial charge in [0.1, 0.15) is 0 Å². The fourth-order valence-electron chi connectivity index (χ4n) is 0.167. The Labute approximate surface area is 83.0 Å². The van der Waals surface area contributed by atoms with Crippen LogP contribution in [0.15, 0.2) is 12.7 Å². The summed E-state index contributed by atoms with van der Waals surface area (Å²) in [5.41, 5.74) is 0.